The number of hydrogen-bond donors (Lipinski definition) is 1. The van der Waals surface area contributed by atoms with Crippen molar-refractivity contribution in [1.82, 2.24) is 15.2 Å². The van der Waals surface area contributed by atoms with Crippen molar-refractivity contribution in [2.24, 2.45) is 0 Å². The molecule has 6 heteroatoms. The summed E-state index contributed by atoms with van der Waals surface area (Å²) in [6.07, 6.45) is 4.07. The third-order valence-corrected chi connectivity index (χ3v) is 5.21. The highest BCUT2D eigenvalue weighted by Gasteiger charge is 2.23. The number of carbonyl (C=O) groups is 1. The second-order valence-corrected chi connectivity index (χ2v) is 6.92. The first-order valence-electron chi connectivity index (χ1n) is 8.25. The molecule has 0 aliphatic carbocycles. The Labute approximate surface area is 146 Å². The molecule has 0 bridgehead atoms. The lowest BCUT2D eigenvalue weighted by Gasteiger charge is -2.31. The van der Waals surface area contributed by atoms with Crippen LogP contribution in [0.2, 0.25) is 0 Å². The number of nitrogens with zero attached hydrogens (tertiary/aromatic N) is 2. The largest absolute Gasteiger partial charge is 0.381 e. The van der Waals surface area contributed by atoms with Gasteiger partial charge in [-0.3, -0.25) is 9.69 Å². The molecule has 128 valence electrons. The Hall–Kier alpha value is -1.76. The van der Waals surface area contributed by atoms with Crippen molar-refractivity contribution < 1.29 is 9.53 Å². The van der Waals surface area contributed by atoms with Gasteiger partial charge >= 0.3 is 0 Å². The van der Waals surface area contributed by atoms with Crippen molar-refractivity contribution in [3.8, 4) is 0 Å². The van der Waals surface area contributed by atoms with E-state index in [0.29, 0.717) is 12.6 Å². The molecule has 1 amide bonds. The summed E-state index contributed by atoms with van der Waals surface area (Å²) in [5.74, 6) is 0.0370. The van der Waals surface area contributed by atoms with Gasteiger partial charge in [0, 0.05) is 31.8 Å². The molecule has 1 aliphatic rings. The van der Waals surface area contributed by atoms with E-state index in [-0.39, 0.29) is 11.9 Å². The van der Waals surface area contributed by atoms with Crippen molar-refractivity contribution in [2.75, 3.05) is 26.7 Å². The first-order valence-corrected chi connectivity index (χ1v) is 9.13. The number of benzene rings is 1. The van der Waals surface area contributed by atoms with Gasteiger partial charge in [0.2, 0.25) is 5.91 Å². The lowest BCUT2D eigenvalue weighted by molar-refractivity contribution is -0.123. The van der Waals surface area contributed by atoms with Crippen LogP contribution in [0.5, 0.6) is 0 Å². The minimum Gasteiger partial charge on any atom is -0.381 e. The highest BCUT2D eigenvalue weighted by Crippen LogP contribution is 2.23. The van der Waals surface area contributed by atoms with Crippen LogP contribution >= 0.6 is 11.3 Å². The topological polar surface area (TPSA) is 54.5 Å². The minimum atomic E-state index is -0.185. The molecule has 0 radical (unpaired) electrons. The van der Waals surface area contributed by atoms with E-state index in [4.69, 9.17) is 4.74 Å². The molecule has 1 aromatic heterocycles. The van der Waals surface area contributed by atoms with Gasteiger partial charge in [0.05, 0.1) is 12.6 Å². The number of thiazole rings is 1. The van der Waals surface area contributed by atoms with Crippen molar-refractivity contribution in [2.45, 2.75) is 25.0 Å². The van der Waals surface area contributed by atoms with E-state index >= 15 is 0 Å². The summed E-state index contributed by atoms with van der Waals surface area (Å²) in [4.78, 5) is 19.1. The summed E-state index contributed by atoms with van der Waals surface area (Å²) in [7, 11) is 1.76. The molecule has 24 heavy (non-hydrogen) atoms. The summed E-state index contributed by atoms with van der Waals surface area (Å²) in [5, 5.41) is 5.99. The molecular weight excluding hydrogens is 322 g/mol. The molecule has 0 saturated carbocycles. The number of likely N-dealkylation sites (tertiary alicyclic amines) is 1. The van der Waals surface area contributed by atoms with Crippen LogP contribution < -0.4 is 5.32 Å². The number of hydrogen-bond acceptors (Lipinski definition) is 5. The summed E-state index contributed by atoms with van der Waals surface area (Å²) in [6.45, 7) is 2.23. The molecule has 2 heterocycles. The van der Waals surface area contributed by atoms with Gasteiger partial charge in [-0.05, 0) is 18.4 Å². The number of ether oxygens (including phenoxy) is 1. The van der Waals surface area contributed by atoms with E-state index < -0.39 is 0 Å². The summed E-state index contributed by atoms with van der Waals surface area (Å²) in [5.41, 5.74) is 1.05. The quantitative estimate of drug-likeness (QED) is 0.874. The molecule has 1 unspecified atom stereocenters. The number of nitrogens with one attached hydrogen (secondary N) is 1. The van der Waals surface area contributed by atoms with E-state index in [1.807, 2.05) is 35.7 Å². The van der Waals surface area contributed by atoms with Crippen molar-refractivity contribution >= 4 is 17.2 Å². The van der Waals surface area contributed by atoms with Gasteiger partial charge in [-0.25, -0.2) is 4.98 Å². The van der Waals surface area contributed by atoms with Crippen LogP contribution in [-0.4, -0.2) is 48.6 Å². The van der Waals surface area contributed by atoms with Gasteiger partial charge in [0.25, 0.3) is 0 Å². The Balaban J connectivity index is 1.62. The zero-order valence-electron chi connectivity index (χ0n) is 13.9. The molecule has 1 aromatic carbocycles. The first kappa shape index (κ1) is 17.1. The van der Waals surface area contributed by atoms with Gasteiger partial charge in [-0.15, -0.1) is 11.3 Å². The number of aromatic nitrogens is 1. The van der Waals surface area contributed by atoms with Crippen LogP contribution in [0.4, 0.5) is 0 Å². The highest BCUT2D eigenvalue weighted by molar-refractivity contribution is 7.09. The molecule has 1 atom stereocenters. The Kier molecular flexibility index (Phi) is 5.96. The van der Waals surface area contributed by atoms with Gasteiger partial charge in [0.1, 0.15) is 11.0 Å². The summed E-state index contributed by atoms with van der Waals surface area (Å²) >= 11 is 1.56. The molecule has 1 saturated heterocycles. The maximum absolute atomic E-state index is 12.5. The molecule has 2 aromatic rings. The van der Waals surface area contributed by atoms with E-state index in [0.717, 1.165) is 36.5 Å². The maximum Gasteiger partial charge on any atom is 0.235 e. The lowest BCUT2D eigenvalue weighted by Crippen LogP contribution is -2.43. The van der Waals surface area contributed by atoms with Crippen LogP contribution in [0.25, 0.3) is 0 Å². The molecular formula is C18H23N3O2S. The lowest BCUT2D eigenvalue weighted by atomic mass is 10.1. The number of carbonyl (C=O) groups excluding carboxylic acids is 1. The molecule has 3 rings (SSSR count). The van der Waals surface area contributed by atoms with E-state index in [9.17, 15) is 4.79 Å². The average Bonchev–Trinajstić information content (AvgIpc) is 3.15. The Morgan fingerprint density at radius 2 is 2.12 bits per heavy atom. The fourth-order valence-corrected chi connectivity index (χ4v) is 3.74. The second-order valence-electron chi connectivity index (χ2n) is 5.99. The number of piperidine rings is 1. The molecule has 1 fully saturated rings. The Morgan fingerprint density at radius 1 is 1.38 bits per heavy atom. The van der Waals surface area contributed by atoms with Crippen molar-refractivity contribution in [3.05, 3.63) is 52.5 Å². The molecule has 1 N–H and O–H groups in total. The smallest absolute Gasteiger partial charge is 0.235 e. The predicted octanol–water partition coefficient (Wildman–Crippen LogP) is 2.46. The molecule has 1 aliphatic heterocycles. The number of methoxy groups -OCH3 is 1. The fourth-order valence-electron chi connectivity index (χ4n) is 3.02. The highest BCUT2D eigenvalue weighted by atomic mass is 32.1. The SMILES string of the molecule is COC1CCN(CC(=O)NC(c2ccccc2)c2nccs2)CC1. The Morgan fingerprint density at radius 3 is 2.75 bits per heavy atom. The monoisotopic (exact) mass is 345 g/mol. The molecule has 0 spiro atoms. The van der Waals surface area contributed by atoms with E-state index in [1.54, 1.807) is 24.6 Å². The third kappa shape index (κ3) is 4.41. The van der Waals surface area contributed by atoms with Crippen LogP contribution in [0.1, 0.15) is 29.5 Å². The van der Waals surface area contributed by atoms with Gasteiger partial charge in [-0.2, -0.15) is 0 Å². The normalized spacial score (nSPS) is 17.5. The van der Waals surface area contributed by atoms with Crippen molar-refractivity contribution in [1.29, 1.82) is 0 Å². The summed E-state index contributed by atoms with van der Waals surface area (Å²) < 4.78 is 5.38. The number of rotatable bonds is 6. The van der Waals surface area contributed by atoms with Crippen LogP contribution in [0.15, 0.2) is 41.9 Å². The zero-order valence-corrected chi connectivity index (χ0v) is 14.7. The van der Waals surface area contributed by atoms with E-state index in [1.165, 1.54) is 0 Å². The zero-order chi connectivity index (χ0) is 16.8. The standard InChI is InChI=1S/C18H23N3O2S/c1-23-15-7-10-21(11-8-15)13-16(22)20-17(18-19-9-12-24-18)14-5-3-2-4-6-14/h2-6,9,12,15,17H,7-8,10-11,13H2,1H3,(H,20,22). The van der Waals surface area contributed by atoms with Crippen LogP contribution in [0.3, 0.4) is 0 Å². The fraction of sp³-hybridized carbons (Fsp3) is 0.444. The van der Waals surface area contributed by atoms with Gasteiger partial charge in [-0.1, -0.05) is 30.3 Å². The van der Waals surface area contributed by atoms with Crippen LogP contribution in [0, 0.1) is 0 Å². The minimum absolute atomic E-state index is 0.0370. The number of amides is 1. The second kappa shape index (κ2) is 8.37. The van der Waals surface area contributed by atoms with Crippen molar-refractivity contribution in [3.63, 3.8) is 0 Å². The predicted molar refractivity (Wildman–Crippen MR) is 95.0 cm³/mol. The Bertz CT molecular complexity index is 625. The summed E-state index contributed by atoms with van der Waals surface area (Å²) in [6, 6.07) is 9.81. The van der Waals surface area contributed by atoms with Crippen LogP contribution in [-0.2, 0) is 9.53 Å². The maximum atomic E-state index is 12.5. The van der Waals surface area contributed by atoms with E-state index in [2.05, 4.69) is 15.2 Å². The third-order valence-electron chi connectivity index (χ3n) is 4.37. The van der Waals surface area contributed by atoms with Gasteiger partial charge < -0.3 is 10.1 Å². The average molecular weight is 345 g/mol. The van der Waals surface area contributed by atoms with Gasteiger partial charge in [0.15, 0.2) is 0 Å². The first-order chi connectivity index (χ1) is 11.8. The molecule has 5 nitrogen and oxygen atoms in total.